The molecule has 0 saturated heterocycles. The van der Waals surface area contributed by atoms with Gasteiger partial charge in [0.05, 0.1) is 16.3 Å². The third-order valence-corrected chi connectivity index (χ3v) is 6.77. The number of hydrogen-bond donors (Lipinski definition) is 2. The molecule has 5 rings (SSSR count). The van der Waals surface area contributed by atoms with Crippen molar-refractivity contribution in [1.82, 2.24) is 4.98 Å². The predicted octanol–water partition coefficient (Wildman–Crippen LogP) is 6.68. The summed E-state index contributed by atoms with van der Waals surface area (Å²) in [7, 11) is 0. The number of non-ortho nitro benzene ring substituents is 1. The average molecular weight is 481 g/mol. The van der Waals surface area contributed by atoms with E-state index in [2.05, 4.69) is 5.32 Å². The van der Waals surface area contributed by atoms with E-state index >= 15 is 0 Å². The second-order valence-corrected chi connectivity index (χ2v) is 9.07. The number of hydrogen-bond acceptors (Lipinski definition) is 6. The monoisotopic (exact) mass is 480 g/mol. The number of aromatic nitrogens is 1. The van der Waals surface area contributed by atoms with E-state index in [1.807, 2.05) is 67.6 Å². The van der Waals surface area contributed by atoms with E-state index in [9.17, 15) is 14.9 Å². The van der Waals surface area contributed by atoms with Crippen LogP contribution in [0.1, 0.15) is 15.2 Å². The smallest absolute Gasteiger partial charge is 0.269 e. The highest BCUT2D eigenvalue weighted by atomic mass is 32.1. The van der Waals surface area contributed by atoms with Gasteiger partial charge in [0.1, 0.15) is 9.71 Å². The number of aryl methyl sites for hydroxylation is 1. The molecule has 0 aliphatic carbocycles. The molecule has 0 atom stereocenters. The van der Waals surface area contributed by atoms with Gasteiger partial charge in [-0.1, -0.05) is 60.2 Å². The highest BCUT2D eigenvalue weighted by Crippen LogP contribution is 2.41. The van der Waals surface area contributed by atoms with Crippen LogP contribution in [0, 0.1) is 17.0 Å². The molecule has 0 saturated carbocycles. The third kappa shape index (κ3) is 4.34. The standard InChI is InChI=1S/C27H20N4O3S/c1-16-7-9-17(10-8-16)21-15-22(18-5-3-2-4-6-18)30-27-23(21)24(28)25(35-27)26(32)29-19-11-13-20(14-12-19)31(33)34/h2-15H,28H2,1H3,(H,29,32). The number of benzene rings is 3. The number of rotatable bonds is 5. The molecule has 0 aliphatic heterocycles. The summed E-state index contributed by atoms with van der Waals surface area (Å²) in [6.45, 7) is 2.03. The predicted molar refractivity (Wildman–Crippen MR) is 141 cm³/mol. The fourth-order valence-electron chi connectivity index (χ4n) is 3.86. The fraction of sp³-hybridized carbons (Fsp3) is 0.0370. The summed E-state index contributed by atoms with van der Waals surface area (Å²) >= 11 is 1.22. The molecule has 0 aliphatic rings. The van der Waals surface area contributed by atoms with Crippen molar-refractivity contribution in [2.75, 3.05) is 11.1 Å². The van der Waals surface area contributed by atoms with Crippen LogP contribution in [0.15, 0.2) is 84.9 Å². The van der Waals surface area contributed by atoms with E-state index in [1.54, 1.807) is 0 Å². The van der Waals surface area contributed by atoms with E-state index in [0.717, 1.165) is 33.3 Å². The Balaban J connectivity index is 1.61. The molecule has 35 heavy (non-hydrogen) atoms. The van der Waals surface area contributed by atoms with Gasteiger partial charge in [-0.05, 0) is 36.2 Å². The Hall–Kier alpha value is -4.56. The minimum absolute atomic E-state index is 0.0512. The molecule has 0 fully saturated rings. The van der Waals surface area contributed by atoms with Crippen LogP contribution in [0.3, 0.4) is 0 Å². The third-order valence-electron chi connectivity index (χ3n) is 5.67. The topological polar surface area (TPSA) is 111 Å². The van der Waals surface area contributed by atoms with Gasteiger partial charge in [-0.25, -0.2) is 4.98 Å². The molecule has 1 amide bonds. The lowest BCUT2D eigenvalue weighted by Gasteiger charge is -2.09. The Morgan fingerprint density at radius 1 is 0.971 bits per heavy atom. The van der Waals surface area contributed by atoms with Gasteiger partial charge < -0.3 is 11.1 Å². The zero-order valence-corrected chi connectivity index (χ0v) is 19.5. The maximum Gasteiger partial charge on any atom is 0.269 e. The normalized spacial score (nSPS) is 10.9. The number of nitrogens with zero attached hydrogens (tertiary/aromatic N) is 2. The molecule has 0 radical (unpaired) electrons. The highest BCUT2D eigenvalue weighted by molar-refractivity contribution is 7.21. The van der Waals surface area contributed by atoms with Crippen LogP contribution in [0.5, 0.6) is 0 Å². The number of carbonyl (C=O) groups excluding carboxylic acids is 1. The summed E-state index contributed by atoms with van der Waals surface area (Å²) in [5.41, 5.74) is 12.1. The largest absolute Gasteiger partial charge is 0.397 e. The van der Waals surface area contributed by atoms with E-state index < -0.39 is 10.8 Å². The van der Waals surface area contributed by atoms with Crippen molar-refractivity contribution in [3.8, 4) is 22.4 Å². The SMILES string of the molecule is Cc1ccc(-c2cc(-c3ccccc3)nc3sc(C(=O)Nc4ccc([N+](=O)[O-])cc4)c(N)c23)cc1. The lowest BCUT2D eigenvalue weighted by Crippen LogP contribution is -2.11. The summed E-state index contributed by atoms with van der Waals surface area (Å²) in [5.74, 6) is -0.393. The van der Waals surface area contributed by atoms with E-state index in [4.69, 9.17) is 10.7 Å². The molecular formula is C27H20N4O3S. The van der Waals surface area contributed by atoms with Crippen molar-refractivity contribution in [2.45, 2.75) is 6.92 Å². The number of carbonyl (C=O) groups is 1. The number of nitrogens with one attached hydrogen (secondary N) is 1. The van der Waals surface area contributed by atoms with Gasteiger partial charge in [-0.3, -0.25) is 14.9 Å². The number of anilines is 2. The maximum atomic E-state index is 13.1. The number of fused-ring (bicyclic) bond motifs is 1. The first-order chi connectivity index (χ1) is 16.9. The van der Waals surface area contributed by atoms with Crippen LogP contribution in [-0.4, -0.2) is 15.8 Å². The zero-order chi connectivity index (χ0) is 24.5. The molecule has 8 heteroatoms. The summed E-state index contributed by atoms with van der Waals surface area (Å²) in [5, 5.41) is 14.4. The quantitative estimate of drug-likeness (QED) is 0.215. The lowest BCUT2D eigenvalue weighted by atomic mass is 9.99. The lowest BCUT2D eigenvalue weighted by molar-refractivity contribution is -0.384. The van der Waals surface area contributed by atoms with Gasteiger partial charge in [-0.15, -0.1) is 11.3 Å². The van der Waals surface area contributed by atoms with Gasteiger partial charge in [-0.2, -0.15) is 0 Å². The number of nitrogen functional groups attached to an aromatic ring is 1. The minimum Gasteiger partial charge on any atom is -0.397 e. The van der Waals surface area contributed by atoms with Crippen LogP contribution in [0.25, 0.3) is 32.6 Å². The summed E-state index contributed by atoms with van der Waals surface area (Å²) in [4.78, 5) is 29.4. The van der Waals surface area contributed by atoms with E-state index in [1.165, 1.54) is 35.6 Å². The van der Waals surface area contributed by atoms with Gasteiger partial charge in [0.25, 0.3) is 11.6 Å². The van der Waals surface area contributed by atoms with Gasteiger partial charge in [0, 0.05) is 28.8 Å². The number of nitro groups is 1. The van der Waals surface area contributed by atoms with Crippen LogP contribution in [-0.2, 0) is 0 Å². The first-order valence-electron chi connectivity index (χ1n) is 10.8. The molecule has 2 aromatic heterocycles. The molecule has 172 valence electrons. The molecule has 2 heterocycles. The van der Waals surface area contributed by atoms with Gasteiger partial charge in [0.15, 0.2) is 0 Å². The molecule has 3 aromatic carbocycles. The number of thiophene rings is 1. The van der Waals surface area contributed by atoms with Gasteiger partial charge >= 0.3 is 0 Å². The fourth-order valence-corrected chi connectivity index (χ4v) is 4.88. The van der Waals surface area contributed by atoms with Crippen LogP contribution >= 0.6 is 11.3 Å². The number of pyridine rings is 1. The first-order valence-corrected chi connectivity index (χ1v) is 11.6. The summed E-state index contributed by atoms with van der Waals surface area (Å²) < 4.78 is 0. The molecule has 0 spiro atoms. The number of nitrogens with two attached hydrogens (primary N) is 1. The van der Waals surface area contributed by atoms with E-state index in [-0.39, 0.29) is 5.69 Å². The molecule has 0 unspecified atom stereocenters. The number of amides is 1. The average Bonchev–Trinajstić information content (AvgIpc) is 3.21. The number of nitro benzene ring substituents is 1. The first kappa shape index (κ1) is 22.2. The van der Waals surface area contributed by atoms with E-state index in [0.29, 0.717) is 21.1 Å². The Bertz CT molecular complexity index is 1560. The van der Waals surface area contributed by atoms with Crippen LogP contribution in [0.2, 0.25) is 0 Å². The van der Waals surface area contributed by atoms with Crippen LogP contribution in [0.4, 0.5) is 17.1 Å². The molecular weight excluding hydrogens is 460 g/mol. The minimum atomic E-state index is -0.488. The van der Waals surface area contributed by atoms with Crippen molar-refractivity contribution in [3.05, 3.63) is 105 Å². The van der Waals surface area contributed by atoms with Crippen molar-refractivity contribution in [1.29, 1.82) is 0 Å². The Morgan fingerprint density at radius 2 is 1.66 bits per heavy atom. The molecule has 7 nitrogen and oxygen atoms in total. The zero-order valence-electron chi connectivity index (χ0n) is 18.7. The Morgan fingerprint density at radius 3 is 2.31 bits per heavy atom. The van der Waals surface area contributed by atoms with Crippen molar-refractivity contribution < 1.29 is 9.72 Å². The van der Waals surface area contributed by atoms with Crippen LogP contribution < -0.4 is 11.1 Å². The Kier molecular flexibility index (Phi) is 5.72. The van der Waals surface area contributed by atoms with Crippen molar-refractivity contribution >= 4 is 44.5 Å². The van der Waals surface area contributed by atoms with Crippen molar-refractivity contribution in [2.24, 2.45) is 0 Å². The molecule has 5 aromatic rings. The summed E-state index contributed by atoms with van der Waals surface area (Å²) in [6, 6.07) is 25.7. The summed E-state index contributed by atoms with van der Waals surface area (Å²) in [6.07, 6.45) is 0. The maximum absolute atomic E-state index is 13.1. The molecule has 3 N–H and O–H groups in total. The van der Waals surface area contributed by atoms with Gasteiger partial charge in [0.2, 0.25) is 0 Å². The molecule has 0 bridgehead atoms. The second kappa shape index (κ2) is 9.00. The second-order valence-electron chi connectivity index (χ2n) is 8.07. The Labute approximate surface area is 205 Å². The highest BCUT2D eigenvalue weighted by Gasteiger charge is 2.22. The van der Waals surface area contributed by atoms with Crippen molar-refractivity contribution in [3.63, 3.8) is 0 Å².